The number of benzene rings is 1. The zero-order valence-electron chi connectivity index (χ0n) is 13.9. The molecule has 0 amide bonds. The number of aliphatic hydroxyl groups is 4. The molecular weight excluding hydrogens is 332 g/mol. The zero-order chi connectivity index (χ0) is 19.4. The maximum atomic E-state index is 11.6. The Hall–Kier alpha value is -2.59. The van der Waals surface area contributed by atoms with Crippen LogP contribution in [0.3, 0.4) is 0 Å². The van der Waals surface area contributed by atoms with Gasteiger partial charge in [0.2, 0.25) is 5.56 Å². The fourth-order valence-electron chi connectivity index (χ4n) is 2.35. The lowest BCUT2D eigenvalue weighted by Crippen LogP contribution is -2.49. The number of hydrogen-bond donors (Lipinski definition) is 6. The summed E-state index contributed by atoms with van der Waals surface area (Å²) in [5, 5.41) is 39.0. The van der Waals surface area contributed by atoms with E-state index in [1.54, 1.807) is 0 Å². The van der Waals surface area contributed by atoms with Crippen molar-refractivity contribution in [2.75, 3.05) is 11.9 Å². The summed E-state index contributed by atoms with van der Waals surface area (Å²) in [6, 6.07) is 3.73. The van der Waals surface area contributed by atoms with Gasteiger partial charge in [0, 0.05) is 22.7 Å². The highest BCUT2D eigenvalue weighted by Gasteiger charge is 2.31. The number of carbonyl (C=O) groups is 2. The Morgan fingerprint density at radius 2 is 1.92 bits per heavy atom. The fourth-order valence-corrected chi connectivity index (χ4v) is 2.35. The Labute approximate surface area is 143 Å². The Kier molecular flexibility index (Phi) is 5.51. The average molecular weight is 351 g/mol. The van der Waals surface area contributed by atoms with Crippen molar-refractivity contribution >= 4 is 29.2 Å². The molecule has 6 N–H and O–H groups in total. The Morgan fingerprint density at radius 3 is 2.52 bits per heavy atom. The van der Waals surface area contributed by atoms with E-state index in [2.05, 4.69) is 4.98 Å². The molecule has 4 atom stereocenters. The molecule has 9 nitrogen and oxygen atoms in total. The molecule has 0 spiro atoms. The highest BCUT2D eigenvalue weighted by molar-refractivity contribution is 5.97. The third-order valence-electron chi connectivity index (χ3n) is 3.70. The average Bonchev–Trinajstić information content (AvgIpc) is 2.65. The van der Waals surface area contributed by atoms with Crippen molar-refractivity contribution in [1.82, 2.24) is 4.98 Å². The van der Waals surface area contributed by atoms with Crippen LogP contribution in [0.4, 0.5) is 5.69 Å². The van der Waals surface area contributed by atoms with Crippen LogP contribution in [0.2, 0.25) is 1.41 Å². The molecule has 0 saturated carbocycles. The van der Waals surface area contributed by atoms with Gasteiger partial charge in [0.25, 0.3) is 0 Å². The molecule has 0 aliphatic rings. The summed E-state index contributed by atoms with van der Waals surface area (Å²) in [7, 11) is 0. The normalized spacial score (nSPS) is 16.6. The van der Waals surface area contributed by atoms with Crippen molar-refractivity contribution < 1.29 is 31.4 Å². The SMILES string of the molecule is [2H]N(c1ccc2c(C=O)cc(=O)[nH]c2c1)[C@@H](C=O)[C@@H](O)[C@H](O)[C@H](O)CO. The summed E-state index contributed by atoms with van der Waals surface area (Å²) in [6.07, 6.45) is -4.68. The van der Waals surface area contributed by atoms with Crippen LogP contribution in [-0.2, 0) is 4.79 Å². The van der Waals surface area contributed by atoms with Crippen LogP contribution in [0.25, 0.3) is 10.9 Å². The molecule has 134 valence electrons. The first-order chi connectivity index (χ1) is 12.3. The predicted molar refractivity (Wildman–Crippen MR) is 88.5 cm³/mol. The maximum absolute atomic E-state index is 11.6. The minimum absolute atomic E-state index is 0.0815. The summed E-state index contributed by atoms with van der Waals surface area (Å²) in [4.78, 5) is 36.4. The Balaban J connectivity index is 2.40. The van der Waals surface area contributed by atoms with E-state index in [1.165, 1.54) is 18.2 Å². The molecule has 1 heterocycles. The third kappa shape index (κ3) is 4.09. The molecule has 0 radical (unpaired) electrons. The minimum atomic E-state index is -1.86. The van der Waals surface area contributed by atoms with Crippen molar-refractivity contribution in [3.05, 3.63) is 40.2 Å². The number of aromatic amines is 1. The zero-order valence-corrected chi connectivity index (χ0v) is 12.9. The van der Waals surface area contributed by atoms with Crippen molar-refractivity contribution in [2.45, 2.75) is 24.4 Å². The number of aromatic nitrogens is 1. The molecule has 1 aromatic carbocycles. The second-order valence-corrected chi connectivity index (χ2v) is 5.42. The van der Waals surface area contributed by atoms with Gasteiger partial charge in [0.1, 0.15) is 30.6 Å². The van der Waals surface area contributed by atoms with E-state index in [4.69, 9.17) is 6.52 Å². The first-order valence-electron chi connectivity index (χ1n) is 7.79. The van der Waals surface area contributed by atoms with E-state index in [-0.39, 0.29) is 23.1 Å². The van der Waals surface area contributed by atoms with E-state index in [1.807, 2.05) is 0 Å². The molecular formula is C16H18N2O7. The molecule has 2 aromatic rings. The van der Waals surface area contributed by atoms with E-state index in [9.17, 15) is 29.7 Å². The largest absolute Gasteiger partial charge is 0.394 e. The lowest BCUT2D eigenvalue weighted by molar-refractivity contribution is -0.117. The van der Waals surface area contributed by atoms with E-state index >= 15 is 0 Å². The van der Waals surface area contributed by atoms with E-state index < -0.39 is 36.5 Å². The van der Waals surface area contributed by atoms with E-state index in [0.717, 1.165) is 6.07 Å². The highest BCUT2D eigenvalue weighted by Crippen LogP contribution is 2.20. The second-order valence-electron chi connectivity index (χ2n) is 5.42. The topological polar surface area (TPSA) is 160 Å². The van der Waals surface area contributed by atoms with Crippen molar-refractivity contribution in [1.29, 1.82) is 0 Å². The second kappa shape index (κ2) is 7.99. The summed E-state index contributed by atoms with van der Waals surface area (Å²) >= 11 is 0. The van der Waals surface area contributed by atoms with Gasteiger partial charge in [0.15, 0.2) is 7.70 Å². The van der Waals surface area contributed by atoms with Gasteiger partial charge >= 0.3 is 0 Å². The number of hydrogen-bond acceptors (Lipinski definition) is 8. The van der Waals surface area contributed by atoms with Crippen LogP contribution in [0.1, 0.15) is 10.4 Å². The highest BCUT2D eigenvalue weighted by atomic mass is 16.4. The maximum Gasteiger partial charge on any atom is 0.249 e. The minimum Gasteiger partial charge on any atom is -0.394 e. The molecule has 0 saturated heterocycles. The number of carbonyl (C=O) groups excluding carboxylic acids is 2. The number of aliphatic hydroxyl groups excluding tert-OH is 4. The predicted octanol–water partition coefficient (Wildman–Crippen LogP) is -1.61. The van der Waals surface area contributed by atoms with Crippen molar-refractivity contribution in [3.63, 3.8) is 0 Å². The summed E-state index contributed by atoms with van der Waals surface area (Å²) in [6.45, 7) is -0.840. The fraction of sp³-hybridized carbons (Fsp3) is 0.312. The lowest BCUT2D eigenvalue weighted by Gasteiger charge is -2.26. The number of H-pyrrole nitrogens is 1. The molecule has 1 aromatic heterocycles. The van der Waals surface area contributed by atoms with E-state index in [0.29, 0.717) is 17.0 Å². The number of anilines is 1. The molecule has 0 aliphatic heterocycles. The van der Waals surface area contributed by atoms with Gasteiger partial charge in [-0.05, 0) is 12.1 Å². The van der Waals surface area contributed by atoms with Crippen LogP contribution in [0.15, 0.2) is 29.1 Å². The van der Waals surface area contributed by atoms with Crippen LogP contribution in [0.5, 0.6) is 0 Å². The molecule has 0 bridgehead atoms. The summed E-state index contributed by atoms with van der Waals surface area (Å²) in [5.41, 5.74) is -0.0514. The molecule has 0 fully saturated rings. The van der Waals surface area contributed by atoms with Gasteiger partial charge in [0.05, 0.1) is 12.1 Å². The summed E-state index contributed by atoms with van der Waals surface area (Å²) in [5.74, 6) is 0. The molecule has 9 heteroatoms. The Morgan fingerprint density at radius 1 is 1.20 bits per heavy atom. The van der Waals surface area contributed by atoms with Gasteiger partial charge in [-0.15, -0.1) is 0 Å². The monoisotopic (exact) mass is 351 g/mol. The van der Waals surface area contributed by atoms with Gasteiger partial charge in [-0.3, -0.25) is 9.59 Å². The van der Waals surface area contributed by atoms with Crippen molar-refractivity contribution in [3.8, 4) is 0 Å². The standard InChI is InChI=1S/C16H18N2O7/c19-5-8-3-14(23)18-11-4-9(1-2-10(8)11)17-12(6-20)15(24)16(25)13(22)7-21/h1-6,12-13,15-17,21-22,24-25H,7H2,(H,18,23)/t12-,13+,15+,16+/m0/s1/i/hD. The van der Waals surface area contributed by atoms with Crippen LogP contribution < -0.4 is 10.9 Å². The lowest BCUT2D eigenvalue weighted by atomic mass is 10.0. The quantitative estimate of drug-likeness (QED) is 0.310. The smallest absolute Gasteiger partial charge is 0.249 e. The van der Waals surface area contributed by atoms with Crippen molar-refractivity contribution in [2.24, 2.45) is 0 Å². The molecule has 0 unspecified atom stereocenters. The first kappa shape index (κ1) is 17.2. The van der Waals surface area contributed by atoms with Crippen LogP contribution in [-0.4, -0.2) is 68.9 Å². The number of pyridine rings is 1. The molecule has 25 heavy (non-hydrogen) atoms. The number of fused-ring (bicyclic) bond motifs is 1. The van der Waals surface area contributed by atoms with Gasteiger partial charge < -0.3 is 35.5 Å². The van der Waals surface area contributed by atoms with Gasteiger partial charge in [-0.1, -0.05) is 6.07 Å². The number of aldehydes is 2. The first-order valence-corrected chi connectivity index (χ1v) is 7.34. The van der Waals surface area contributed by atoms with Crippen LogP contribution in [0, 0.1) is 0 Å². The number of nitrogens with one attached hydrogen (secondary N) is 2. The van der Waals surface area contributed by atoms with Gasteiger partial charge in [-0.25, -0.2) is 0 Å². The third-order valence-corrected chi connectivity index (χ3v) is 3.70. The summed E-state index contributed by atoms with van der Waals surface area (Å²) < 4.78 is 8.04. The molecule has 2 rings (SSSR count). The molecule has 0 aliphatic carbocycles. The number of rotatable bonds is 8. The van der Waals surface area contributed by atoms with Crippen LogP contribution >= 0.6 is 0 Å². The Bertz CT molecular complexity index is 856. The van der Waals surface area contributed by atoms with Gasteiger partial charge in [-0.2, -0.15) is 0 Å².